The van der Waals surface area contributed by atoms with E-state index in [1.807, 2.05) is 37.3 Å². The maximum absolute atomic E-state index is 13.3. The first-order valence-electron chi connectivity index (χ1n) is 11.9. The lowest BCUT2D eigenvalue weighted by Crippen LogP contribution is -2.62. The lowest BCUT2D eigenvalue weighted by molar-refractivity contribution is -0.00328. The molecule has 3 aromatic rings. The van der Waals surface area contributed by atoms with Gasteiger partial charge in [-0.1, -0.05) is 53.7 Å². The van der Waals surface area contributed by atoms with E-state index < -0.39 is 36.2 Å². The van der Waals surface area contributed by atoms with Crippen molar-refractivity contribution in [1.29, 1.82) is 0 Å². The maximum Gasteiger partial charge on any atom is 0.343 e. The number of halogens is 2. The fourth-order valence-electron chi connectivity index (χ4n) is 5.00. The van der Waals surface area contributed by atoms with E-state index in [9.17, 15) is 18.8 Å². The third-order valence-corrected chi connectivity index (χ3v) is 7.28. The number of alkyl halides is 2. The SMILES string of the molecule is C/C(=N/O)[C@]1(n2cn[nH]c2=O)CC[C@@](CO[C@H](C)c2cc(CF)cc(CF)c2)(c2ccccc2)NC1. The van der Waals surface area contributed by atoms with Crippen molar-refractivity contribution in [3.63, 3.8) is 0 Å². The van der Waals surface area contributed by atoms with E-state index in [0.29, 0.717) is 35.2 Å². The van der Waals surface area contributed by atoms with Crippen molar-refractivity contribution < 1.29 is 18.7 Å². The van der Waals surface area contributed by atoms with Crippen molar-refractivity contribution in [2.45, 2.75) is 57.2 Å². The summed E-state index contributed by atoms with van der Waals surface area (Å²) in [6.45, 7) is 2.75. The van der Waals surface area contributed by atoms with Gasteiger partial charge in [0.1, 0.15) is 25.2 Å². The van der Waals surface area contributed by atoms with Gasteiger partial charge < -0.3 is 15.3 Å². The number of ether oxygens (including phenoxy) is 1. The molecule has 1 aliphatic rings. The minimum atomic E-state index is -0.909. The molecule has 0 saturated carbocycles. The molecule has 3 atom stereocenters. The molecule has 8 nitrogen and oxygen atoms in total. The standard InChI is InChI=1S/C26H31F2N5O3/c1-18(22-11-20(13-27)10-21(12-22)14-28)36-16-25(23-6-4-3-5-7-23)8-9-26(15-29-25,19(2)32-35)33-17-30-31-24(33)34/h3-7,10-12,17-18,29,35H,8-9,13-16H2,1-2H3,(H,31,34)/b32-19-/t18-,25-,26+/m1/s1. The maximum atomic E-state index is 13.3. The Kier molecular flexibility index (Phi) is 7.65. The summed E-state index contributed by atoms with van der Waals surface area (Å²) in [7, 11) is 0. The molecule has 0 radical (unpaired) electrons. The fraction of sp³-hybridized carbons (Fsp3) is 0.423. The number of oxime groups is 1. The van der Waals surface area contributed by atoms with Gasteiger partial charge in [0.25, 0.3) is 0 Å². The van der Waals surface area contributed by atoms with Crippen molar-refractivity contribution in [2.75, 3.05) is 13.2 Å². The predicted octanol–water partition coefficient (Wildman–Crippen LogP) is 4.11. The minimum Gasteiger partial charge on any atom is -0.411 e. The van der Waals surface area contributed by atoms with Crippen LogP contribution in [0.25, 0.3) is 0 Å². The van der Waals surface area contributed by atoms with Crippen LogP contribution in [0.3, 0.4) is 0 Å². The van der Waals surface area contributed by atoms with Gasteiger partial charge in [-0.3, -0.25) is 4.57 Å². The van der Waals surface area contributed by atoms with Crippen LogP contribution in [0.4, 0.5) is 8.78 Å². The Morgan fingerprint density at radius 1 is 1.19 bits per heavy atom. The van der Waals surface area contributed by atoms with Gasteiger partial charge in [-0.05, 0) is 48.9 Å². The van der Waals surface area contributed by atoms with Crippen LogP contribution >= 0.6 is 0 Å². The monoisotopic (exact) mass is 499 g/mol. The Morgan fingerprint density at radius 3 is 2.42 bits per heavy atom. The molecule has 1 aliphatic heterocycles. The average Bonchev–Trinajstić information content (AvgIpc) is 3.37. The van der Waals surface area contributed by atoms with Crippen LogP contribution in [0.1, 0.15) is 55.0 Å². The van der Waals surface area contributed by atoms with Crippen LogP contribution in [0.15, 0.2) is 64.8 Å². The molecule has 0 spiro atoms. The summed E-state index contributed by atoms with van der Waals surface area (Å²) >= 11 is 0. The first kappa shape index (κ1) is 25.7. The highest BCUT2D eigenvalue weighted by Crippen LogP contribution is 2.39. The van der Waals surface area contributed by atoms with Crippen molar-refractivity contribution in [3.05, 3.63) is 87.6 Å². The molecular formula is C26H31F2N5O3. The second-order valence-electron chi connectivity index (χ2n) is 9.35. The molecule has 192 valence electrons. The van der Waals surface area contributed by atoms with Crippen LogP contribution in [-0.4, -0.2) is 38.8 Å². The molecule has 1 aromatic heterocycles. The topological polar surface area (TPSA) is 105 Å². The Bertz CT molecular complexity index is 1230. The predicted molar refractivity (Wildman–Crippen MR) is 132 cm³/mol. The molecule has 3 N–H and O–H groups in total. The van der Waals surface area contributed by atoms with Crippen molar-refractivity contribution in [1.82, 2.24) is 20.1 Å². The highest BCUT2D eigenvalue weighted by molar-refractivity contribution is 5.89. The van der Waals surface area contributed by atoms with Crippen LogP contribution in [0, 0.1) is 0 Å². The van der Waals surface area contributed by atoms with Crippen LogP contribution in [0.2, 0.25) is 0 Å². The highest BCUT2D eigenvalue weighted by atomic mass is 19.1. The number of hydrogen-bond acceptors (Lipinski definition) is 6. The fourth-order valence-corrected chi connectivity index (χ4v) is 5.00. The molecule has 10 heteroatoms. The van der Waals surface area contributed by atoms with E-state index in [1.165, 1.54) is 17.0 Å². The quantitative estimate of drug-likeness (QED) is 0.234. The summed E-state index contributed by atoms with van der Waals surface area (Å²) in [5, 5.41) is 22.9. The minimum absolute atomic E-state index is 0.272. The van der Waals surface area contributed by atoms with Crippen molar-refractivity contribution in [3.8, 4) is 0 Å². The number of hydrogen-bond donors (Lipinski definition) is 3. The van der Waals surface area contributed by atoms with Crippen LogP contribution in [0.5, 0.6) is 0 Å². The van der Waals surface area contributed by atoms with Crippen LogP contribution in [-0.2, 0) is 29.2 Å². The van der Waals surface area contributed by atoms with Gasteiger partial charge in [-0.25, -0.2) is 18.7 Å². The van der Waals surface area contributed by atoms with Gasteiger partial charge in [0, 0.05) is 6.54 Å². The first-order valence-corrected chi connectivity index (χ1v) is 11.9. The molecule has 4 rings (SSSR count). The van der Waals surface area contributed by atoms with Gasteiger partial charge in [-0.15, -0.1) is 0 Å². The molecule has 0 aliphatic carbocycles. The van der Waals surface area contributed by atoms with E-state index >= 15 is 0 Å². The zero-order valence-electron chi connectivity index (χ0n) is 20.4. The first-order chi connectivity index (χ1) is 17.4. The average molecular weight is 500 g/mol. The zero-order valence-corrected chi connectivity index (χ0v) is 20.4. The summed E-state index contributed by atoms with van der Waals surface area (Å²) in [5.41, 5.74) is 1.02. The number of H-pyrrole nitrogens is 1. The summed E-state index contributed by atoms with van der Waals surface area (Å²) in [5.74, 6) is 0. The molecule has 36 heavy (non-hydrogen) atoms. The third kappa shape index (κ3) is 4.83. The summed E-state index contributed by atoms with van der Waals surface area (Å²) in [6.07, 6.45) is 2.03. The smallest absolute Gasteiger partial charge is 0.343 e. The second-order valence-corrected chi connectivity index (χ2v) is 9.35. The zero-order chi connectivity index (χ0) is 25.8. The summed E-state index contributed by atoms with van der Waals surface area (Å²) in [6, 6.07) is 14.8. The molecule has 1 fully saturated rings. The van der Waals surface area contributed by atoms with Gasteiger partial charge in [-0.2, -0.15) is 5.10 Å². The van der Waals surface area contributed by atoms with E-state index in [2.05, 4.69) is 20.7 Å². The Balaban J connectivity index is 1.62. The Hall–Kier alpha value is -3.37. The van der Waals surface area contributed by atoms with Crippen molar-refractivity contribution >= 4 is 5.71 Å². The molecule has 1 saturated heterocycles. The number of nitrogens with one attached hydrogen (secondary N) is 2. The Labute approximate surface area is 208 Å². The summed E-state index contributed by atoms with van der Waals surface area (Å²) in [4.78, 5) is 12.5. The molecule has 2 heterocycles. The largest absolute Gasteiger partial charge is 0.411 e. The summed E-state index contributed by atoms with van der Waals surface area (Å²) < 4.78 is 34.4. The van der Waals surface area contributed by atoms with E-state index in [0.717, 1.165) is 5.56 Å². The lowest BCUT2D eigenvalue weighted by Gasteiger charge is -2.47. The molecule has 2 aromatic carbocycles. The van der Waals surface area contributed by atoms with Gasteiger partial charge in [0.2, 0.25) is 0 Å². The Morgan fingerprint density at radius 2 is 1.89 bits per heavy atom. The normalized spacial score (nSPS) is 23.5. The number of nitrogens with zero attached hydrogens (tertiary/aromatic N) is 3. The van der Waals surface area contributed by atoms with Gasteiger partial charge >= 0.3 is 5.69 Å². The molecule has 0 bridgehead atoms. The van der Waals surface area contributed by atoms with Gasteiger partial charge in [0.05, 0.1) is 24.0 Å². The van der Waals surface area contributed by atoms with Gasteiger partial charge in [0.15, 0.2) is 0 Å². The molecule has 0 unspecified atom stereocenters. The molecular weight excluding hydrogens is 468 g/mol. The highest BCUT2D eigenvalue weighted by Gasteiger charge is 2.47. The van der Waals surface area contributed by atoms with Crippen molar-refractivity contribution in [2.24, 2.45) is 5.16 Å². The number of benzene rings is 2. The lowest BCUT2D eigenvalue weighted by atomic mass is 9.74. The number of aromatic nitrogens is 3. The van der Waals surface area contributed by atoms with E-state index in [4.69, 9.17) is 4.74 Å². The number of rotatable bonds is 9. The number of piperidine rings is 1. The van der Waals surface area contributed by atoms with E-state index in [-0.39, 0.29) is 13.2 Å². The van der Waals surface area contributed by atoms with Crippen LogP contribution < -0.4 is 11.0 Å². The van der Waals surface area contributed by atoms with E-state index in [1.54, 1.807) is 19.1 Å². The second kappa shape index (κ2) is 10.7. The third-order valence-electron chi connectivity index (χ3n) is 7.28. The molecule has 0 amide bonds. The number of aromatic amines is 1.